The molecule has 0 fully saturated rings. The molecule has 0 saturated heterocycles. The van der Waals surface area contributed by atoms with Crippen molar-refractivity contribution < 1.29 is 4.52 Å². The predicted octanol–water partition coefficient (Wildman–Crippen LogP) is 2.97. The first-order valence-corrected chi connectivity index (χ1v) is 6.27. The summed E-state index contributed by atoms with van der Waals surface area (Å²) in [4.78, 5) is 4.31. The van der Waals surface area contributed by atoms with E-state index in [1.54, 1.807) is 0 Å². The van der Waals surface area contributed by atoms with E-state index in [-0.39, 0.29) is 12.0 Å². The second-order valence-electron chi connectivity index (χ2n) is 4.59. The summed E-state index contributed by atoms with van der Waals surface area (Å²) in [6, 6.07) is 7.39. The number of aromatic nitrogens is 2. The zero-order valence-corrected chi connectivity index (χ0v) is 11.2. The van der Waals surface area contributed by atoms with Gasteiger partial charge in [0.1, 0.15) is 0 Å². The lowest BCUT2D eigenvalue weighted by molar-refractivity contribution is 0.322. The van der Waals surface area contributed by atoms with Gasteiger partial charge in [-0.2, -0.15) is 4.98 Å². The molecular weight excluding hydrogens is 250 g/mol. The second kappa shape index (κ2) is 5.50. The Hall–Kier alpha value is -1.39. The number of halogens is 1. The van der Waals surface area contributed by atoms with Crippen LogP contribution in [-0.4, -0.2) is 10.1 Å². The van der Waals surface area contributed by atoms with E-state index in [4.69, 9.17) is 21.9 Å². The van der Waals surface area contributed by atoms with Crippen LogP contribution in [0.5, 0.6) is 0 Å². The van der Waals surface area contributed by atoms with Crippen LogP contribution in [0.3, 0.4) is 0 Å². The van der Waals surface area contributed by atoms with Crippen LogP contribution in [0, 0.1) is 5.92 Å². The van der Waals surface area contributed by atoms with E-state index >= 15 is 0 Å². The number of benzene rings is 1. The molecule has 2 N–H and O–H groups in total. The number of hydrogen-bond donors (Lipinski definition) is 1. The molecule has 0 radical (unpaired) electrons. The number of hydrogen-bond acceptors (Lipinski definition) is 4. The summed E-state index contributed by atoms with van der Waals surface area (Å²) in [7, 11) is 0. The smallest absolute Gasteiger partial charge is 0.243 e. The quantitative estimate of drug-likeness (QED) is 0.923. The molecule has 96 valence electrons. The van der Waals surface area contributed by atoms with E-state index in [0.717, 1.165) is 5.56 Å². The minimum absolute atomic E-state index is 0.225. The molecule has 0 unspecified atom stereocenters. The molecule has 1 heterocycles. The fourth-order valence-corrected chi connectivity index (χ4v) is 1.77. The average Bonchev–Trinajstić information content (AvgIpc) is 2.79. The Balaban J connectivity index is 2.14. The van der Waals surface area contributed by atoms with Crippen LogP contribution < -0.4 is 5.73 Å². The Morgan fingerprint density at radius 2 is 2.06 bits per heavy atom. The van der Waals surface area contributed by atoms with Gasteiger partial charge in [-0.15, -0.1) is 0 Å². The molecule has 1 aromatic carbocycles. The van der Waals surface area contributed by atoms with Gasteiger partial charge in [-0.1, -0.05) is 48.8 Å². The summed E-state index contributed by atoms with van der Waals surface area (Å²) >= 11 is 6.08. The summed E-state index contributed by atoms with van der Waals surface area (Å²) in [6.45, 7) is 4.03. The molecule has 0 aliphatic rings. The fourth-order valence-electron chi connectivity index (χ4n) is 1.57. The first-order valence-electron chi connectivity index (χ1n) is 5.89. The van der Waals surface area contributed by atoms with E-state index in [2.05, 4.69) is 10.1 Å². The summed E-state index contributed by atoms with van der Waals surface area (Å²) in [5.74, 6) is 1.35. The molecule has 1 aromatic heterocycles. The van der Waals surface area contributed by atoms with Crippen LogP contribution in [0.2, 0.25) is 5.02 Å². The predicted molar refractivity (Wildman–Crippen MR) is 70.3 cm³/mol. The van der Waals surface area contributed by atoms with Crippen molar-refractivity contribution in [2.75, 3.05) is 0 Å². The van der Waals surface area contributed by atoms with Gasteiger partial charge in [0.15, 0.2) is 5.82 Å². The van der Waals surface area contributed by atoms with Crippen LogP contribution in [0.4, 0.5) is 0 Å². The van der Waals surface area contributed by atoms with E-state index in [1.807, 2.05) is 38.1 Å². The Kier molecular flexibility index (Phi) is 3.99. The molecule has 0 spiro atoms. The van der Waals surface area contributed by atoms with Crippen molar-refractivity contribution in [2.45, 2.75) is 26.3 Å². The van der Waals surface area contributed by atoms with Crippen LogP contribution in [0.15, 0.2) is 28.8 Å². The molecule has 0 saturated carbocycles. The minimum Gasteiger partial charge on any atom is -0.338 e. The third kappa shape index (κ3) is 2.89. The zero-order valence-electron chi connectivity index (χ0n) is 10.4. The third-order valence-electron chi connectivity index (χ3n) is 2.79. The molecule has 4 nitrogen and oxygen atoms in total. The van der Waals surface area contributed by atoms with Gasteiger partial charge in [-0.25, -0.2) is 0 Å². The van der Waals surface area contributed by atoms with Crippen molar-refractivity contribution in [1.82, 2.24) is 10.1 Å². The molecule has 0 aliphatic carbocycles. The number of rotatable bonds is 4. The van der Waals surface area contributed by atoms with Crippen molar-refractivity contribution in [3.05, 3.63) is 46.6 Å². The molecule has 0 aliphatic heterocycles. The number of nitrogens with zero attached hydrogens (tertiary/aromatic N) is 2. The van der Waals surface area contributed by atoms with Crippen molar-refractivity contribution in [1.29, 1.82) is 0 Å². The standard InChI is InChI=1S/C13H16ClN3O/c1-8(2)12(15)13-16-11(17-18-13)7-9-5-3-4-6-10(9)14/h3-6,8,12H,7,15H2,1-2H3/t12-/m0/s1. The first-order chi connectivity index (χ1) is 8.58. The Morgan fingerprint density at radius 3 is 2.72 bits per heavy atom. The van der Waals surface area contributed by atoms with Gasteiger partial charge < -0.3 is 10.3 Å². The molecule has 0 bridgehead atoms. The molecule has 18 heavy (non-hydrogen) atoms. The van der Waals surface area contributed by atoms with Crippen molar-refractivity contribution in [2.24, 2.45) is 11.7 Å². The van der Waals surface area contributed by atoms with Crippen LogP contribution in [0.1, 0.15) is 37.2 Å². The maximum atomic E-state index is 6.08. The van der Waals surface area contributed by atoms with Gasteiger partial charge >= 0.3 is 0 Å². The van der Waals surface area contributed by atoms with Crippen LogP contribution in [0.25, 0.3) is 0 Å². The van der Waals surface area contributed by atoms with E-state index in [1.165, 1.54) is 0 Å². The third-order valence-corrected chi connectivity index (χ3v) is 3.16. The molecule has 0 amide bonds. The summed E-state index contributed by atoms with van der Waals surface area (Å²) < 4.78 is 5.17. The Bertz CT molecular complexity index is 524. The Morgan fingerprint density at radius 1 is 1.33 bits per heavy atom. The molecule has 2 aromatic rings. The van der Waals surface area contributed by atoms with Gasteiger partial charge in [0.25, 0.3) is 0 Å². The van der Waals surface area contributed by atoms with Gasteiger partial charge in [0.05, 0.1) is 6.04 Å². The van der Waals surface area contributed by atoms with E-state index in [9.17, 15) is 0 Å². The summed E-state index contributed by atoms with van der Waals surface area (Å²) in [5, 5.41) is 4.64. The highest BCUT2D eigenvalue weighted by molar-refractivity contribution is 6.31. The maximum absolute atomic E-state index is 6.08. The lowest BCUT2D eigenvalue weighted by Gasteiger charge is -2.09. The summed E-state index contributed by atoms with van der Waals surface area (Å²) in [5.41, 5.74) is 6.93. The minimum atomic E-state index is -0.225. The van der Waals surface area contributed by atoms with E-state index < -0.39 is 0 Å². The normalized spacial score (nSPS) is 12.9. The van der Waals surface area contributed by atoms with E-state index in [0.29, 0.717) is 23.2 Å². The molecular formula is C13H16ClN3O. The highest BCUT2D eigenvalue weighted by atomic mass is 35.5. The van der Waals surface area contributed by atoms with Crippen molar-refractivity contribution >= 4 is 11.6 Å². The zero-order chi connectivity index (χ0) is 13.1. The second-order valence-corrected chi connectivity index (χ2v) is 4.99. The van der Waals surface area contributed by atoms with Gasteiger partial charge in [-0.05, 0) is 17.5 Å². The lowest BCUT2D eigenvalue weighted by Crippen LogP contribution is -2.17. The average molecular weight is 266 g/mol. The van der Waals surface area contributed by atoms with Gasteiger partial charge in [-0.3, -0.25) is 0 Å². The van der Waals surface area contributed by atoms with Crippen LogP contribution >= 0.6 is 11.6 Å². The Labute approximate surface area is 111 Å². The molecule has 2 rings (SSSR count). The van der Waals surface area contributed by atoms with Gasteiger partial charge in [0.2, 0.25) is 5.89 Å². The molecule has 5 heteroatoms. The topological polar surface area (TPSA) is 64.9 Å². The summed E-state index contributed by atoms with van der Waals surface area (Å²) in [6.07, 6.45) is 0.550. The highest BCUT2D eigenvalue weighted by Crippen LogP contribution is 2.20. The van der Waals surface area contributed by atoms with Crippen molar-refractivity contribution in [3.8, 4) is 0 Å². The number of nitrogens with two attached hydrogens (primary N) is 1. The highest BCUT2D eigenvalue weighted by Gasteiger charge is 2.18. The fraction of sp³-hybridized carbons (Fsp3) is 0.385. The molecule has 1 atom stereocenters. The first kappa shape index (κ1) is 13.1. The van der Waals surface area contributed by atoms with Crippen LogP contribution in [-0.2, 0) is 6.42 Å². The monoisotopic (exact) mass is 265 g/mol. The SMILES string of the molecule is CC(C)[C@H](N)c1nc(Cc2ccccc2Cl)no1. The largest absolute Gasteiger partial charge is 0.338 e. The maximum Gasteiger partial charge on any atom is 0.243 e. The van der Waals surface area contributed by atoms with Crippen molar-refractivity contribution in [3.63, 3.8) is 0 Å². The lowest BCUT2D eigenvalue weighted by atomic mass is 10.1. The van der Waals surface area contributed by atoms with Gasteiger partial charge in [0, 0.05) is 11.4 Å².